The fourth-order valence-electron chi connectivity index (χ4n) is 5.18. The lowest BCUT2D eigenvalue weighted by molar-refractivity contribution is -0.139. The molecule has 7 heteroatoms. The molecule has 2 aliphatic rings. The maximum Gasteiger partial charge on any atom is 0.407 e. The number of carboxylic acids is 1. The molecule has 3 atom stereocenters. The predicted octanol–water partition coefficient (Wildman–Crippen LogP) is 4.12. The molecule has 2 amide bonds. The molecule has 1 saturated heterocycles. The molecule has 0 aromatic heterocycles. The largest absolute Gasteiger partial charge is 0.481 e. The average molecular weight is 465 g/mol. The number of carbonyl (C=O) groups excluding carboxylic acids is 2. The van der Waals surface area contributed by atoms with E-state index < -0.39 is 18.1 Å². The third-order valence-electron chi connectivity index (χ3n) is 7.07. The van der Waals surface area contributed by atoms with Crippen LogP contribution in [0.15, 0.2) is 48.5 Å². The normalized spacial score (nSPS) is 20.1. The number of nitrogens with one attached hydrogen (secondary N) is 1. The summed E-state index contributed by atoms with van der Waals surface area (Å²) in [6.45, 7) is 6.78. The van der Waals surface area contributed by atoms with Crippen LogP contribution in [0.2, 0.25) is 0 Å². The van der Waals surface area contributed by atoms with Crippen LogP contribution in [0.3, 0.4) is 0 Å². The van der Waals surface area contributed by atoms with Gasteiger partial charge in [-0.15, -0.1) is 0 Å². The van der Waals surface area contributed by atoms with Crippen molar-refractivity contribution in [3.8, 4) is 11.1 Å². The second kappa shape index (κ2) is 9.87. The van der Waals surface area contributed by atoms with Gasteiger partial charge in [0.1, 0.15) is 12.6 Å². The summed E-state index contributed by atoms with van der Waals surface area (Å²) in [6.07, 6.45) is -0.583. The highest BCUT2D eigenvalue weighted by Crippen LogP contribution is 2.44. The Bertz CT molecular complexity index is 1040. The van der Waals surface area contributed by atoms with Gasteiger partial charge in [-0.05, 0) is 40.0 Å². The van der Waals surface area contributed by atoms with Crippen LogP contribution in [0.4, 0.5) is 4.79 Å². The Balaban J connectivity index is 1.40. The second-order valence-corrected chi connectivity index (χ2v) is 9.77. The number of amides is 2. The summed E-state index contributed by atoms with van der Waals surface area (Å²) in [6, 6.07) is 15.5. The number of alkyl carbamates (subject to hydrolysis) is 1. The first-order valence-electron chi connectivity index (χ1n) is 11.9. The first kappa shape index (κ1) is 23.8. The van der Waals surface area contributed by atoms with Gasteiger partial charge in [0.25, 0.3) is 0 Å². The fraction of sp³-hybridized carbons (Fsp3) is 0.444. The van der Waals surface area contributed by atoms with Crippen LogP contribution < -0.4 is 5.32 Å². The minimum atomic E-state index is -0.858. The number of fused-ring (bicyclic) bond motifs is 3. The zero-order valence-corrected chi connectivity index (χ0v) is 19.9. The highest BCUT2D eigenvalue weighted by molar-refractivity contribution is 5.86. The molecule has 1 fully saturated rings. The lowest BCUT2D eigenvalue weighted by atomic mass is 9.95. The van der Waals surface area contributed by atoms with Crippen molar-refractivity contribution >= 4 is 18.0 Å². The summed E-state index contributed by atoms with van der Waals surface area (Å²) in [5, 5.41) is 11.9. The van der Waals surface area contributed by atoms with Crippen molar-refractivity contribution in [3.05, 3.63) is 59.7 Å². The van der Waals surface area contributed by atoms with Crippen molar-refractivity contribution in [2.45, 2.75) is 39.2 Å². The molecule has 4 rings (SSSR count). The number of aliphatic carboxylic acids is 1. The van der Waals surface area contributed by atoms with E-state index in [0.717, 1.165) is 22.3 Å². The van der Waals surface area contributed by atoms with Crippen LogP contribution in [0.1, 0.15) is 44.2 Å². The topological polar surface area (TPSA) is 95.9 Å². The molecule has 180 valence electrons. The quantitative estimate of drug-likeness (QED) is 0.643. The van der Waals surface area contributed by atoms with Crippen LogP contribution in [-0.2, 0) is 14.3 Å². The van der Waals surface area contributed by atoms with Gasteiger partial charge in [0.15, 0.2) is 0 Å². The van der Waals surface area contributed by atoms with Gasteiger partial charge in [0, 0.05) is 19.0 Å². The van der Waals surface area contributed by atoms with E-state index in [1.54, 1.807) is 4.90 Å². The molecule has 1 aliphatic carbocycles. The van der Waals surface area contributed by atoms with E-state index >= 15 is 0 Å². The lowest BCUT2D eigenvalue weighted by Crippen LogP contribution is -2.51. The zero-order valence-electron chi connectivity index (χ0n) is 19.9. The van der Waals surface area contributed by atoms with Gasteiger partial charge < -0.3 is 20.1 Å². The van der Waals surface area contributed by atoms with Gasteiger partial charge in [-0.3, -0.25) is 9.59 Å². The molecule has 1 aliphatic heterocycles. The van der Waals surface area contributed by atoms with Gasteiger partial charge in [-0.25, -0.2) is 4.79 Å². The van der Waals surface area contributed by atoms with E-state index in [0.29, 0.717) is 13.1 Å². The predicted molar refractivity (Wildman–Crippen MR) is 128 cm³/mol. The molecule has 0 unspecified atom stereocenters. The van der Waals surface area contributed by atoms with E-state index in [9.17, 15) is 14.4 Å². The molecule has 2 aromatic carbocycles. The second-order valence-electron chi connectivity index (χ2n) is 9.77. The summed E-state index contributed by atoms with van der Waals surface area (Å²) >= 11 is 0. The van der Waals surface area contributed by atoms with Crippen LogP contribution in [0, 0.1) is 17.8 Å². The van der Waals surface area contributed by atoms with E-state index in [4.69, 9.17) is 9.84 Å². The Kier molecular flexibility index (Phi) is 6.91. The van der Waals surface area contributed by atoms with Crippen molar-refractivity contribution in [3.63, 3.8) is 0 Å². The Morgan fingerprint density at radius 1 is 1.03 bits per heavy atom. The number of hydrogen-bond donors (Lipinski definition) is 2. The number of benzene rings is 2. The summed E-state index contributed by atoms with van der Waals surface area (Å²) in [4.78, 5) is 38.7. The van der Waals surface area contributed by atoms with Gasteiger partial charge >= 0.3 is 12.1 Å². The molecule has 0 radical (unpaired) electrons. The molecule has 0 spiro atoms. The Hall–Kier alpha value is -3.35. The molecule has 2 aromatic rings. The molecule has 2 N–H and O–H groups in total. The van der Waals surface area contributed by atoms with Crippen molar-refractivity contribution in [1.29, 1.82) is 0 Å². The minimum Gasteiger partial charge on any atom is -0.481 e. The molecule has 34 heavy (non-hydrogen) atoms. The minimum absolute atomic E-state index is 0.0388. The third-order valence-corrected chi connectivity index (χ3v) is 7.07. The zero-order chi connectivity index (χ0) is 24.4. The maximum absolute atomic E-state index is 13.2. The highest BCUT2D eigenvalue weighted by Gasteiger charge is 2.38. The first-order chi connectivity index (χ1) is 16.3. The number of rotatable bonds is 7. The molecular weight excluding hydrogens is 432 g/mol. The molecular formula is C27H32N2O5. The standard InChI is InChI=1S/C27H32N2O5/c1-16(2)25(26(32)29-13-17(3)18(14-29)12-24(30)31)28-27(33)34-15-23-21-10-6-4-8-19(21)20-9-5-7-11-22(20)23/h4-11,16-18,23,25H,12-15H2,1-3H3,(H,28,33)(H,30,31)/t17-,18-,25+/m1/s1. The van der Waals surface area contributed by atoms with Crippen molar-refractivity contribution in [2.75, 3.05) is 19.7 Å². The van der Waals surface area contributed by atoms with Gasteiger partial charge in [-0.1, -0.05) is 69.3 Å². The van der Waals surface area contributed by atoms with E-state index in [2.05, 4.69) is 29.6 Å². The van der Waals surface area contributed by atoms with Crippen molar-refractivity contribution in [1.82, 2.24) is 10.2 Å². The molecule has 7 nitrogen and oxygen atoms in total. The van der Waals surface area contributed by atoms with Crippen LogP contribution in [0.25, 0.3) is 11.1 Å². The highest BCUT2D eigenvalue weighted by atomic mass is 16.5. The van der Waals surface area contributed by atoms with Crippen LogP contribution in [-0.4, -0.2) is 53.7 Å². The van der Waals surface area contributed by atoms with Crippen molar-refractivity contribution < 1.29 is 24.2 Å². The number of carbonyl (C=O) groups is 3. The van der Waals surface area contributed by atoms with Gasteiger partial charge in [-0.2, -0.15) is 0 Å². The van der Waals surface area contributed by atoms with Gasteiger partial charge in [0.05, 0.1) is 6.42 Å². The smallest absolute Gasteiger partial charge is 0.407 e. The first-order valence-corrected chi connectivity index (χ1v) is 11.9. The van der Waals surface area contributed by atoms with Crippen LogP contribution in [0.5, 0.6) is 0 Å². The van der Waals surface area contributed by atoms with E-state index in [1.165, 1.54) is 0 Å². The van der Waals surface area contributed by atoms with Gasteiger partial charge in [0.2, 0.25) is 5.91 Å². The molecule has 0 saturated carbocycles. The summed E-state index contributed by atoms with van der Waals surface area (Å²) in [7, 11) is 0. The number of likely N-dealkylation sites (tertiary alicyclic amines) is 1. The lowest BCUT2D eigenvalue weighted by Gasteiger charge is -2.27. The Labute approximate surface area is 200 Å². The Morgan fingerprint density at radius 3 is 2.18 bits per heavy atom. The number of hydrogen-bond acceptors (Lipinski definition) is 4. The summed E-state index contributed by atoms with van der Waals surface area (Å²) in [5.74, 6) is -1.22. The third kappa shape index (κ3) is 4.79. The van der Waals surface area contributed by atoms with E-state index in [1.807, 2.05) is 45.0 Å². The number of ether oxygens (including phenoxy) is 1. The average Bonchev–Trinajstić information content (AvgIpc) is 3.32. The van der Waals surface area contributed by atoms with Crippen LogP contribution >= 0.6 is 0 Å². The maximum atomic E-state index is 13.2. The number of carboxylic acid groups (broad SMARTS) is 1. The molecule has 0 bridgehead atoms. The SMILES string of the molecule is CC(C)[C@H](NC(=O)OCC1c2ccccc2-c2ccccc21)C(=O)N1C[C@@H](CC(=O)O)[C@H](C)C1. The Morgan fingerprint density at radius 2 is 1.62 bits per heavy atom. The fourth-order valence-corrected chi connectivity index (χ4v) is 5.18. The van der Waals surface area contributed by atoms with E-state index in [-0.39, 0.29) is 42.6 Å². The number of nitrogens with zero attached hydrogens (tertiary/aromatic N) is 1. The summed E-state index contributed by atoms with van der Waals surface area (Å²) < 4.78 is 5.63. The molecule has 1 heterocycles. The summed E-state index contributed by atoms with van der Waals surface area (Å²) in [5.41, 5.74) is 4.56. The van der Waals surface area contributed by atoms with Crippen molar-refractivity contribution in [2.24, 2.45) is 17.8 Å². The monoisotopic (exact) mass is 464 g/mol.